The van der Waals surface area contributed by atoms with Crippen LogP contribution in [-0.2, 0) is 12.8 Å². The van der Waals surface area contributed by atoms with Crippen LogP contribution in [0.5, 0.6) is 11.5 Å². The van der Waals surface area contributed by atoms with E-state index in [0.717, 1.165) is 73.7 Å². The van der Waals surface area contributed by atoms with Gasteiger partial charge in [-0.05, 0) is 116 Å². The van der Waals surface area contributed by atoms with Crippen molar-refractivity contribution in [1.29, 1.82) is 0 Å². The summed E-state index contributed by atoms with van der Waals surface area (Å²) in [5.74, 6) is 0.381. The zero-order valence-electron chi connectivity index (χ0n) is 27.6. The molecule has 0 saturated carbocycles. The van der Waals surface area contributed by atoms with Gasteiger partial charge >= 0.3 is 0 Å². The van der Waals surface area contributed by atoms with Crippen molar-refractivity contribution in [3.63, 3.8) is 0 Å². The first-order valence-corrected chi connectivity index (χ1v) is 19.8. The van der Waals surface area contributed by atoms with E-state index in [1.807, 2.05) is 60.7 Å². The van der Waals surface area contributed by atoms with Crippen molar-refractivity contribution < 1.29 is 27.0 Å². The summed E-state index contributed by atoms with van der Waals surface area (Å²) in [6, 6.07) is 38.7. The van der Waals surface area contributed by atoms with Gasteiger partial charge in [-0.3, -0.25) is 0 Å². The van der Waals surface area contributed by atoms with Gasteiger partial charge in [0.2, 0.25) is 0 Å². The molecule has 2 nitrogen and oxygen atoms in total. The van der Waals surface area contributed by atoms with Crippen molar-refractivity contribution in [3.05, 3.63) is 168 Å². The summed E-state index contributed by atoms with van der Waals surface area (Å²) in [6.07, 6.45) is 3.44. The average Bonchev–Trinajstić information content (AvgIpc) is 3.28. The van der Waals surface area contributed by atoms with Gasteiger partial charge in [-0.25, -0.2) is 17.6 Å². The fourth-order valence-electron chi connectivity index (χ4n) is 7.11. The monoisotopic (exact) mass is 720 g/mol. The first-order valence-electron chi connectivity index (χ1n) is 17.1. The molecule has 2 atom stereocenters. The predicted molar refractivity (Wildman–Crippen MR) is 200 cm³/mol. The average molecular weight is 721 g/mol. The Balaban J connectivity index is 1.23. The number of hydrogen-bond donors (Lipinski definition) is 0. The zero-order valence-corrected chi connectivity index (χ0v) is 29.4. The van der Waals surface area contributed by atoms with Gasteiger partial charge in [-0.15, -0.1) is 0 Å². The Labute approximate surface area is 297 Å². The number of para-hydroxylation sites is 2. The largest absolute Gasteiger partial charge is 0.489 e. The molecule has 51 heavy (non-hydrogen) atoms. The Hall–Kier alpha value is -4.50. The second kappa shape index (κ2) is 14.6. The summed E-state index contributed by atoms with van der Waals surface area (Å²) >= 11 is 0. The second-order valence-corrected chi connectivity index (χ2v) is 17.3. The lowest BCUT2D eigenvalue weighted by Crippen LogP contribution is -2.30. The minimum Gasteiger partial charge on any atom is -0.489 e. The highest BCUT2D eigenvalue weighted by molar-refractivity contribution is 7.80. The molecule has 0 radical (unpaired) electrons. The van der Waals surface area contributed by atoms with Gasteiger partial charge in [0.05, 0.1) is 0 Å². The first kappa shape index (κ1) is 33.6. The van der Waals surface area contributed by atoms with Crippen molar-refractivity contribution in [2.24, 2.45) is 0 Å². The number of halogens is 4. The Morgan fingerprint density at radius 1 is 0.412 bits per heavy atom. The van der Waals surface area contributed by atoms with Gasteiger partial charge in [0, 0.05) is 23.5 Å². The van der Waals surface area contributed by atoms with Crippen molar-refractivity contribution >= 4 is 47.7 Å². The van der Waals surface area contributed by atoms with E-state index in [1.165, 1.54) is 48.5 Å². The molecule has 256 valence electrons. The fourth-order valence-corrected chi connectivity index (χ4v) is 11.9. The van der Waals surface area contributed by atoms with Crippen LogP contribution in [0.1, 0.15) is 30.4 Å². The lowest BCUT2D eigenvalue weighted by molar-refractivity contribution is 0.189. The van der Waals surface area contributed by atoms with Crippen LogP contribution >= 0.6 is 15.8 Å². The van der Waals surface area contributed by atoms with Crippen molar-refractivity contribution in [3.8, 4) is 11.5 Å². The van der Waals surface area contributed by atoms with E-state index in [-0.39, 0.29) is 35.5 Å². The zero-order chi connectivity index (χ0) is 34.9. The molecular formula is C43H34F4O2P2. The topological polar surface area (TPSA) is 18.5 Å². The predicted octanol–water partition coefficient (Wildman–Crippen LogP) is 8.24. The van der Waals surface area contributed by atoms with Crippen LogP contribution in [0.2, 0.25) is 0 Å². The van der Waals surface area contributed by atoms with Gasteiger partial charge in [0.25, 0.3) is 0 Å². The smallest absolute Gasteiger partial charge is 0.131 e. The van der Waals surface area contributed by atoms with Crippen molar-refractivity contribution in [1.82, 2.24) is 0 Å². The lowest BCUT2D eigenvalue weighted by atomic mass is 10.0. The molecule has 0 amide bonds. The minimum atomic E-state index is -1.21. The molecule has 0 spiro atoms. The van der Waals surface area contributed by atoms with Crippen LogP contribution in [0.3, 0.4) is 0 Å². The molecule has 0 aliphatic carbocycles. The molecule has 0 saturated heterocycles. The van der Waals surface area contributed by atoms with Gasteiger partial charge in [0.15, 0.2) is 0 Å². The molecule has 2 aliphatic rings. The summed E-state index contributed by atoms with van der Waals surface area (Å²) in [4.78, 5) is 0. The number of hydrogen-bond acceptors (Lipinski definition) is 2. The maximum absolute atomic E-state index is 14.1. The number of benzene rings is 6. The van der Waals surface area contributed by atoms with Gasteiger partial charge < -0.3 is 9.47 Å². The Morgan fingerprint density at radius 2 is 0.725 bits per heavy atom. The number of ether oxygens (including phenoxy) is 2. The van der Waals surface area contributed by atoms with Crippen LogP contribution < -0.4 is 41.3 Å². The van der Waals surface area contributed by atoms with E-state index in [9.17, 15) is 17.6 Å². The van der Waals surface area contributed by atoms with Crippen LogP contribution in [0.4, 0.5) is 17.6 Å². The summed E-state index contributed by atoms with van der Waals surface area (Å²) in [5.41, 5.74) is 2.06. The standard InChI is InChI=1S/C43H34F4O2P2/c44-30-10-18-36(19-11-30)50(37-20-12-31(45)13-21-37)40-8-1-4-28-26-34-6-3-7-35(48-42(28)40)27-29-5-2-9-41(43(29)49-34)51(38-22-14-32(46)15-23-38)39-24-16-33(47)17-25-39/h1-2,4-5,8-25,34-35H,3,6-7,26-27H2. The van der Waals surface area contributed by atoms with Crippen LogP contribution in [0.15, 0.2) is 133 Å². The van der Waals surface area contributed by atoms with Crippen LogP contribution in [0.25, 0.3) is 0 Å². The maximum Gasteiger partial charge on any atom is 0.131 e. The Bertz CT molecular complexity index is 1890. The summed E-state index contributed by atoms with van der Waals surface area (Å²) in [7, 11) is -2.42. The maximum atomic E-state index is 14.1. The molecule has 0 aromatic heterocycles. The third-order valence-corrected chi connectivity index (χ3v) is 14.4. The quantitative estimate of drug-likeness (QED) is 0.128. The van der Waals surface area contributed by atoms with E-state index in [1.54, 1.807) is 0 Å². The molecule has 2 unspecified atom stereocenters. The molecular weight excluding hydrogens is 686 g/mol. The lowest BCUT2D eigenvalue weighted by Gasteiger charge is -2.30. The van der Waals surface area contributed by atoms with Gasteiger partial charge in [0.1, 0.15) is 47.0 Å². The SMILES string of the molecule is Fc1ccc(P(c2ccc(F)cc2)c2cccc3c2OC2CCCC(C3)Oc3c(cccc3P(c3ccc(F)cc3)c3ccc(F)cc3)C2)cc1. The van der Waals surface area contributed by atoms with E-state index in [2.05, 4.69) is 24.3 Å². The highest BCUT2D eigenvalue weighted by Crippen LogP contribution is 2.43. The third-order valence-electron chi connectivity index (χ3n) is 9.49. The minimum absolute atomic E-state index is 0.166. The molecule has 6 aromatic rings. The molecule has 6 aromatic carbocycles. The molecule has 2 bridgehead atoms. The summed E-state index contributed by atoms with van der Waals surface area (Å²) < 4.78 is 70.8. The Kier molecular flexibility index (Phi) is 9.64. The van der Waals surface area contributed by atoms with E-state index < -0.39 is 15.8 Å². The molecule has 2 aliphatic heterocycles. The molecule has 2 heterocycles. The second-order valence-electron chi connectivity index (χ2n) is 12.9. The Morgan fingerprint density at radius 3 is 1.04 bits per heavy atom. The molecule has 0 N–H and O–H groups in total. The van der Waals surface area contributed by atoms with Gasteiger partial charge in [-0.2, -0.15) is 0 Å². The van der Waals surface area contributed by atoms with Gasteiger partial charge in [-0.1, -0.05) is 84.9 Å². The number of fused-ring (bicyclic) bond motifs is 6. The van der Waals surface area contributed by atoms with Crippen LogP contribution in [-0.4, -0.2) is 12.2 Å². The highest BCUT2D eigenvalue weighted by atomic mass is 31.1. The molecule has 8 heteroatoms. The fraction of sp³-hybridized carbons (Fsp3) is 0.163. The van der Waals surface area contributed by atoms with E-state index in [4.69, 9.17) is 9.47 Å². The van der Waals surface area contributed by atoms with Crippen molar-refractivity contribution in [2.45, 2.75) is 44.3 Å². The summed E-state index contributed by atoms with van der Waals surface area (Å²) in [6.45, 7) is 0. The summed E-state index contributed by atoms with van der Waals surface area (Å²) in [5, 5.41) is 5.76. The molecule has 8 rings (SSSR count). The van der Waals surface area contributed by atoms with E-state index in [0.29, 0.717) is 12.8 Å². The van der Waals surface area contributed by atoms with Crippen molar-refractivity contribution in [2.75, 3.05) is 0 Å². The molecule has 0 fully saturated rings. The number of rotatable bonds is 6. The van der Waals surface area contributed by atoms with Crippen LogP contribution in [0, 0.1) is 23.3 Å². The normalized spacial score (nSPS) is 16.9. The highest BCUT2D eigenvalue weighted by Gasteiger charge is 2.32. The first-order chi connectivity index (χ1) is 24.9. The third kappa shape index (κ3) is 7.18. The van der Waals surface area contributed by atoms with E-state index >= 15 is 0 Å².